The summed E-state index contributed by atoms with van der Waals surface area (Å²) in [5, 5.41) is 8.63. The minimum atomic E-state index is -0.320. The van der Waals surface area contributed by atoms with Crippen molar-refractivity contribution in [1.29, 1.82) is 0 Å². The van der Waals surface area contributed by atoms with Crippen LogP contribution in [0.5, 0.6) is 0 Å². The van der Waals surface area contributed by atoms with Gasteiger partial charge in [-0.15, -0.1) is 0 Å². The van der Waals surface area contributed by atoms with Gasteiger partial charge in [0.1, 0.15) is 5.69 Å². The molecule has 1 aliphatic heterocycles. The second-order valence-corrected chi connectivity index (χ2v) is 9.25. The van der Waals surface area contributed by atoms with Crippen molar-refractivity contribution in [2.75, 3.05) is 18.4 Å². The lowest BCUT2D eigenvalue weighted by Crippen LogP contribution is -2.40. The average molecular weight is 509 g/mol. The number of aryl methyl sites for hydroxylation is 1. The number of rotatable bonds is 6. The second-order valence-electron chi connectivity index (χ2n) is 9.25. The van der Waals surface area contributed by atoms with Gasteiger partial charge in [-0.3, -0.25) is 14.4 Å². The van der Waals surface area contributed by atoms with Gasteiger partial charge in [0, 0.05) is 54.3 Å². The van der Waals surface area contributed by atoms with E-state index in [1.165, 1.54) is 24.3 Å². The molecule has 0 unspecified atom stereocenters. The number of carbonyl (C=O) groups is 2. The third-order valence-electron chi connectivity index (χ3n) is 6.78. The van der Waals surface area contributed by atoms with E-state index in [0.29, 0.717) is 30.1 Å². The van der Waals surface area contributed by atoms with E-state index in [4.69, 9.17) is 10.1 Å². The molecule has 0 saturated carbocycles. The number of likely N-dealkylation sites (tertiary alicyclic amines) is 1. The van der Waals surface area contributed by atoms with Crippen LogP contribution in [-0.4, -0.2) is 49.1 Å². The maximum absolute atomic E-state index is 12.3. The molecule has 3 aromatic heterocycles. The minimum Gasteiger partial charge on any atom is -0.337 e. The van der Waals surface area contributed by atoms with Crippen molar-refractivity contribution in [3.05, 3.63) is 96.1 Å². The molecule has 1 atom stereocenters. The number of amides is 2. The number of piperidine rings is 1. The normalized spacial score (nSPS) is 15.3. The van der Waals surface area contributed by atoms with Gasteiger partial charge in [0.05, 0.1) is 17.4 Å². The molecule has 38 heavy (non-hydrogen) atoms. The highest BCUT2D eigenvalue weighted by Crippen LogP contribution is 2.34. The van der Waals surface area contributed by atoms with Crippen molar-refractivity contribution < 1.29 is 9.59 Å². The second kappa shape index (κ2) is 10.3. The van der Waals surface area contributed by atoms with Crippen molar-refractivity contribution in [1.82, 2.24) is 24.2 Å². The van der Waals surface area contributed by atoms with Crippen LogP contribution in [0.3, 0.4) is 0 Å². The van der Waals surface area contributed by atoms with Crippen LogP contribution in [0.4, 0.5) is 5.69 Å². The summed E-state index contributed by atoms with van der Waals surface area (Å²) in [6, 6.07) is 12.7. The fraction of sp³-hybridized carbons (Fsp3) is 0.207. The number of hydrogen-bond acceptors (Lipinski definition) is 5. The molecule has 0 radical (unpaired) electrons. The van der Waals surface area contributed by atoms with Crippen LogP contribution in [0.15, 0.2) is 85.0 Å². The Morgan fingerprint density at radius 1 is 1.08 bits per heavy atom. The number of carbonyl (C=O) groups excluding carboxylic acids is 2. The Morgan fingerprint density at radius 2 is 1.82 bits per heavy atom. The molecule has 1 fully saturated rings. The van der Waals surface area contributed by atoms with Gasteiger partial charge >= 0.3 is 0 Å². The lowest BCUT2D eigenvalue weighted by molar-refractivity contribution is -0.127. The molecule has 0 spiro atoms. The largest absolute Gasteiger partial charge is 0.337 e. The van der Waals surface area contributed by atoms with Gasteiger partial charge < -0.3 is 14.8 Å². The summed E-state index contributed by atoms with van der Waals surface area (Å²) in [4.78, 5) is 42.5. The highest BCUT2D eigenvalue weighted by Gasteiger charge is 2.27. The first-order valence-electron chi connectivity index (χ1n) is 12.4. The molecule has 4 aromatic rings. The summed E-state index contributed by atoms with van der Waals surface area (Å²) in [7, 11) is 0. The lowest BCUT2D eigenvalue weighted by Gasteiger charge is -2.32. The lowest BCUT2D eigenvalue weighted by atomic mass is 10.1. The smallest absolute Gasteiger partial charge is 0.247 e. The third kappa shape index (κ3) is 4.78. The zero-order valence-electron chi connectivity index (χ0n) is 21.1. The average Bonchev–Trinajstić information content (AvgIpc) is 3.31. The Bertz CT molecular complexity index is 1600. The quantitative estimate of drug-likeness (QED) is 0.396. The minimum absolute atomic E-state index is 0.0481. The number of hydrogen-bond donors (Lipinski definition) is 1. The molecule has 0 bridgehead atoms. The fourth-order valence-electron chi connectivity index (χ4n) is 4.79. The van der Waals surface area contributed by atoms with E-state index in [-0.39, 0.29) is 23.3 Å². The molecule has 192 valence electrons. The summed E-state index contributed by atoms with van der Waals surface area (Å²) >= 11 is 0. The van der Waals surface area contributed by atoms with Gasteiger partial charge in [-0.1, -0.05) is 25.3 Å². The topological polar surface area (TPSA) is 102 Å². The SMILES string of the molecule is C=CC(=O)Nc1cc2c(-c3ccc(-n4ccc(=O)cc4)cc3)nn([C@@H]3CCCN(C(=O)C=C)C3)c2nc1C. The molecule has 1 aliphatic rings. The first-order chi connectivity index (χ1) is 18.4. The Morgan fingerprint density at radius 3 is 2.50 bits per heavy atom. The van der Waals surface area contributed by atoms with Gasteiger partial charge in [-0.2, -0.15) is 5.10 Å². The Kier molecular flexibility index (Phi) is 6.74. The summed E-state index contributed by atoms with van der Waals surface area (Å²) in [5.41, 5.74) is 4.38. The van der Waals surface area contributed by atoms with Crippen molar-refractivity contribution >= 4 is 28.5 Å². The number of aromatic nitrogens is 4. The van der Waals surface area contributed by atoms with Crippen LogP contribution in [0.1, 0.15) is 24.6 Å². The number of benzene rings is 1. The van der Waals surface area contributed by atoms with Crippen LogP contribution < -0.4 is 10.7 Å². The molecule has 2 amide bonds. The maximum Gasteiger partial charge on any atom is 0.247 e. The highest BCUT2D eigenvalue weighted by molar-refractivity contribution is 6.02. The first kappa shape index (κ1) is 24.9. The predicted molar refractivity (Wildman–Crippen MR) is 147 cm³/mol. The molecular weight excluding hydrogens is 480 g/mol. The van der Waals surface area contributed by atoms with Gasteiger partial charge in [0.15, 0.2) is 11.1 Å². The van der Waals surface area contributed by atoms with Crippen LogP contribution >= 0.6 is 0 Å². The molecule has 5 rings (SSSR count). The first-order valence-corrected chi connectivity index (χ1v) is 12.4. The predicted octanol–water partition coefficient (Wildman–Crippen LogP) is 4.03. The standard InChI is InChI=1S/C29H28N6O3/c1-4-26(37)31-25-17-24-28(20-8-10-21(11-9-20)33-15-12-23(36)13-16-33)32-35(29(24)30-19(25)3)22-7-6-14-34(18-22)27(38)5-2/h4-5,8-13,15-17,22H,1-2,6-7,14,18H2,3H3,(H,31,37)/t22-/m1/s1. The van der Waals surface area contributed by atoms with Gasteiger partial charge in [-0.05, 0) is 50.1 Å². The summed E-state index contributed by atoms with van der Waals surface area (Å²) in [6.45, 7) is 10.2. The van der Waals surface area contributed by atoms with Crippen molar-refractivity contribution in [2.24, 2.45) is 0 Å². The summed E-state index contributed by atoms with van der Waals surface area (Å²) in [5.74, 6) is -0.414. The highest BCUT2D eigenvalue weighted by atomic mass is 16.2. The van der Waals surface area contributed by atoms with E-state index in [9.17, 15) is 14.4 Å². The van der Waals surface area contributed by atoms with Gasteiger partial charge in [0.2, 0.25) is 11.8 Å². The fourth-order valence-corrected chi connectivity index (χ4v) is 4.79. The number of nitrogens with one attached hydrogen (secondary N) is 1. The zero-order valence-corrected chi connectivity index (χ0v) is 21.1. The Hall–Kier alpha value is -4.79. The van der Waals surface area contributed by atoms with Gasteiger partial charge in [0.25, 0.3) is 0 Å². The van der Waals surface area contributed by atoms with Crippen LogP contribution in [-0.2, 0) is 9.59 Å². The molecular formula is C29H28N6O3. The molecule has 4 heterocycles. The van der Waals surface area contributed by atoms with Crippen molar-refractivity contribution in [2.45, 2.75) is 25.8 Å². The monoisotopic (exact) mass is 508 g/mol. The number of fused-ring (bicyclic) bond motifs is 1. The van der Waals surface area contributed by atoms with Crippen LogP contribution in [0.25, 0.3) is 28.0 Å². The third-order valence-corrected chi connectivity index (χ3v) is 6.78. The van der Waals surface area contributed by atoms with Gasteiger partial charge in [-0.25, -0.2) is 9.67 Å². The van der Waals surface area contributed by atoms with E-state index in [2.05, 4.69) is 18.5 Å². The number of anilines is 1. The van der Waals surface area contributed by atoms with Crippen LogP contribution in [0.2, 0.25) is 0 Å². The van der Waals surface area contributed by atoms with Crippen molar-refractivity contribution in [3.8, 4) is 16.9 Å². The van der Waals surface area contributed by atoms with E-state index in [0.717, 1.165) is 35.2 Å². The van der Waals surface area contributed by atoms with E-state index in [1.807, 2.05) is 46.5 Å². The molecule has 9 heteroatoms. The van der Waals surface area contributed by atoms with E-state index in [1.54, 1.807) is 17.3 Å². The molecule has 9 nitrogen and oxygen atoms in total. The molecule has 1 saturated heterocycles. The molecule has 1 aromatic carbocycles. The van der Waals surface area contributed by atoms with Crippen molar-refractivity contribution in [3.63, 3.8) is 0 Å². The Labute approximate surface area is 219 Å². The maximum atomic E-state index is 12.3. The van der Waals surface area contributed by atoms with E-state index < -0.39 is 0 Å². The van der Waals surface area contributed by atoms with E-state index >= 15 is 0 Å². The molecule has 0 aliphatic carbocycles. The number of pyridine rings is 2. The summed E-state index contributed by atoms with van der Waals surface area (Å²) in [6.07, 6.45) is 7.72. The zero-order chi connectivity index (χ0) is 26.8. The summed E-state index contributed by atoms with van der Waals surface area (Å²) < 4.78 is 3.78. The Balaban J connectivity index is 1.61. The number of nitrogens with zero attached hydrogens (tertiary/aromatic N) is 5. The molecule has 1 N–H and O–H groups in total. The van der Waals surface area contributed by atoms with Crippen LogP contribution in [0, 0.1) is 6.92 Å².